The molecule has 0 amide bonds. The van der Waals surface area contributed by atoms with Crippen LogP contribution in [-0.4, -0.2) is 42.1 Å². The molecule has 1 aliphatic heterocycles. The molecule has 3 unspecified atom stereocenters. The molecule has 1 heterocycles. The highest BCUT2D eigenvalue weighted by Crippen LogP contribution is 2.53. The van der Waals surface area contributed by atoms with Crippen molar-refractivity contribution in [1.82, 2.24) is 0 Å². The number of carbonyl (C=O) groups is 1. The largest absolute Gasteiger partial charge is 0.497 e. The zero-order valence-corrected chi connectivity index (χ0v) is 20.1. The van der Waals surface area contributed by atoms with Gasteiger partial charge in [0.25, 0.3) is 0 Å². The molecule has 0 radical (unpaired) electrons. The second-order valence-electron chi connectivity index (χ2n) is 9.52. The highest BCUT2D eigenvalue weighted by molar-refractivity contribution is 5.97. The lowest BCUT2D eigenvalue weighted by Crippen LogP contribution is -2.35. The lowest BCUT2D eigenvalue weighted by atomic mass is 9.97. The number of carbonyl (C=O) groups excluding carboxylic acids is 1. The normalized spacial score (nSPS) is 28.5. The van der Waals surface area contributed by atoms with Crippen LogP contribution in [0.1, 0.15) is 75.2 Å². The maximum absolute atomic E-state index is 12.9. The number of nitroso groups, excluding NO2 is 1. The fraction of sp³-hybridized carbons (Fsp3) is 0.577. The van der Waals surface area contributed by atoms with E-state index >= 15 is 0 Å². The molecular weight excluding hydrogens is 422 g/mol. The summed E-state index contributed by atoms with van der Waals surface area (Å²) in [6.07, 6.45) is 12.9. The first-order valence-electron chi connectivity index (χ1n) is 11.2. The number of hydrogen-bond donors (Lipinski definition) is 1. The van der Waals surface area contributed by atoms with Crippen LogP contribution < -0.4 is 4.74 Å². The lowest BCUT2D eigenvalue weighted by molar-refractivity contribution is -0.102. The van der Waals surface area contributed by atoms with Gasteiger partial charge in [0.05, 0.1) is 30.5 Å². The van der Waals surface area contributed by atoms with Crippen LogP contribution in [-0.2, 0) is 9.47 Å². The summed E-state index contributed by atoms with van der Waals surface area (Å²) in [5.41, 5.74) is 0.654. The van der Waals surface area contributed by atoms with Crippen molar-refractivity contribution < 1.29 is 24.1 Å². The lowest BCUT2D eigenvalue weighted by Gasteiger charge is -2.30. The first-order valence-corrected chi connectivity index (χ1v) is 11.2. The van der Waals surface area contributed by atoms with Crippen LogP contribution in [0.4, 0.5) is 5.69 Å². The monoisotopic (exact) mass is 457 g/mol. The van der Waals surface area contributed by atoms with E-state index in [1.807, 2.05) is 26.8 Å². The highest BCUT2D eigenvalue weighted by Gasteiger charge is 2.42. The molecule has 1 aliphatic carbocycles. The van der Waals surface area contributed by atoms with Gasteiger partial charge in [-0.2, -0.15) is 0 Å². The van der Waals surface area contributed by atoms with Gasteiger partial charge in [0.15, 0.2) is 0 Å². The second-order valence-corrected chi connectivity index (χ2v) is 9.52. The molecule has 180 valence electrons. The Labute approximate surface area is 196 Å². The maximum atomic E-state index is 12.9. The molecule has 7 nitrogen and oxygen atoms in total. The fourth-order valence-corrected chi connectivity index (χ4v) is 4.23. The molecule has 1 saturated carbocycles. The predicted octanol–water partition coefficient (Wildman–Crippen LogP) is 5.28. The molecule has 33 heavy (non-hydrogen) atoms. The Hall–Kier alpha value is -2.69. The van der Waals surface area contributed by atoms with E-state index in [9.17, 15) is 14.8 Å². The number of aliphatic hydroxyl groups is 1. The van der Waals surface area contributed by atoms with Crippen molar-refractivity contribution in [3.63, 3.8) is 0 Å². The Morgan fingerprint density at radius 1 is 1.21 bits per heavy atom. The summed E-state index contributed by atoms with van der Waals surface area (Å²) in [4.78, 5) is 24.5. The Balaban J connectivity index is 0.00000187. The van der Waals surface area contributed by atoms with Crippen molar-refractivity contribution in [3.8, 4) is 18.6 Å². The van der Waals surface area contributed by atoms with Crippen molar-refractivity contribution in [2.24, 2.45) is 11.1 Å². The predicted molar refractivity (Wildman–Crippen MR) is 128 cm³/mol. The van der Waals surface area contributed by atoms with E-state index in [-0.39, 0.29) is 28.9 Å². The van der Waals surface area contributed by atoms with E-state index in [4.69, 9.17) is 14.2 Å². The van der Waals surface area contributed by atoms with E-state index in [2.05, 4.69) is 18.0 Å². The standard InChI is InChI=1S/C24H33NO6.C2H2/c1-14-7-6-8-20(26)21(31-24(2,3)4)10-9-15-11-17(15)18-12-16(29-5)13-19(25-28)22(18)23(27)30-14;1-2/h6,8,12-15,17,20-21,26H,7,9-11H2,1-5H3;1-2H/b8-6-;/t14-,15?,17?,20?,21-;/m0./s1. The first-order chi connectivity index (χ1) is 15.6. The van der Waals surface area contributed by atoms with Crippen LogP contribution in [0.25, 0.3) is 0 Å². The third-order valence-electron chi connectivity index (χ3n) is 5.80. The number of ether oxygens (including phenoxy) is 3. The third kappa shape index (κ3) is 7.15. The van der Waals surface area contributed by atoms with Gasteiger partial charge in [-0.1, -0.05) is 12.2 Å². The Bertz CT molecular complexity index is 885. The number of hydrogen-bond acceptors (Lipinski definition) is 7. The number of terminal acetylenes is 1. The van der Waals surface area contributed by atoms with Crippen LogP contribution in [0.2, 0.25) is 0 Å². The summed E-state index contributed by atoms with van der Waals surface area (Å²) in [5.74, 6) is 0.374. The summed E-state index contributed by atoms with van der Waals surface area (Å²) in [6, 6.07) is 3.28. The number of rotatable bonds is 3. The van der Waals surface area contributed by atoms with Gasteiger partial charge in [-0.05, 0) is 75.6 Å². The molecule has 1 N–H and O–H groups in total. The Morgan fingerprint density at radius 3 is 2.52 bits per heavy atom. The van der Waals surface area contributed by atoms with Gasteiger partial charge < -0.3 is 19.3 Å². The van der Waals surface area contributed by atoms with E-state index in [0.29, 0.717) is 24.5 Å². The minimum absolute atomic E-state index is 0.0456. The fourth-order valence-electron chi connectivity index (χ4n) is 4.23. The Morgan fingerprint density at radius 2 is 1.91 bits per heavy atom. The molecule has 7 heteroatoms. The maximum Gasteiger partial charge on any atom is 0.341 e. The highest BCUT2D eigenvalue weighted by atomic mass is 16.5. The van der Waals surface area contributed by atoms with E-state index < -0.39 is 18.2 Å². The molecule has 1 aromatic rings. The van der Waals surface area contributed by atoms with Gasteiger partial charge in [0, 0.05) is 12.5 Å². The van der Waals surface area contributed by atoms with Gasteiger partial charge >= 0.3 is 5.97 Å². The molecule has 0 bridgehead atoms. The van der Waals surface area contributed by atoms with Crippen LogP contribution in [0.15, 0.2) is 29.5 Å². The van der Waals surface area contributed by atoms with Crippen molar-refractivity contribution in [2.75, 3.05) is 7.11 Å². The number of methoxy groups -OCH3 is 1. The number of nitrogens with zero attached hydrogens (tertiary/aromatic N) is 1. The third-order valence-corrected chi connectivity index (χ3v) is 5.80. The van der Waals surface area contributed by atoms with Gasteiger partial charge in [-0.3, -0.25) is 0 Å². The number of cyclic esters (lactones) is 1. The summed E-state index contributed by atoms with van der Waals surface area (Å²) >= 11 is 0. The smallest absolute Gasteiger partial charge is 0.341 e. The minimum Gasteiger partial charge on any atom is -0.497 e. The van der Waals surface area contributed by atoms with Crippen LogP contribution in [0, 0.1) is 23.7 Å². The molecule has 3 rings (SSSR count). The summed E-state index contributed by atoms with van der Waals surface area (Å²) < 4.78 is 17.1. The number of aliphatic hydroxyl groups excluding tert-OH is 1. The Kier molecular flexibility index (Phi) is 9.21. The minimum atomic E-state index is -0.736. The number of benzene rings is 1. The average Bonchev–Trinajstić information content (AvgIpc) is 3.55. The number of esters is 1. The molecule has 1 aromatic carbocycles. The first kappa shape index (κ1) is 26.6. The van der Waals surface area contributed by atoms with Crippen molar-refractivity contribution in [2.45, 2.75) is 83.2 Å². The molecule has 1 fully saturated rings. The molecule has 2 aliphatic rings. The van der Waals surface area contributed by atoms with E-state index in [1.165, 1.54) is 13.2 Å². The van der Waals surface area contributed by atoms with Crippen molar-refractivity contribution >= 4 is 11.7 Å². The molecular formula is C26H35NO6. The van der Waals surface area contributed by atoms with Gasteiger partial charge in [-0.25, -0.2) is 4.79 Å². The second kappa shape index (κ2) is 11.4. The average molecular weight is 458 g/mol. The molecule has 0 saturated heterocycles. The SMILES string of the molecule is C#C.COc1cc(N=O)c2c(c1)C1CC1CC[C@H](OC(C)(C)C)C(O)/C=C\C[C@H](C)OC2=O. The molecule has 5 atom stereocenters. The van der Waals surface area contributed by atoms with Crippen LogP contribution in [0.5, 0.6) is 5.75 Å². The van der Waals surface area contributed by atoms with Crippen LogP contribution >= 0.6 is 0 Å². The molecule has 0 spiro atoms. The van der Waals surface area contributed by atoms with Crippen molar-refractivity contribution in [3.05, 3.63) is 40.3 Å². The number of fused-ring (bicyclic) bond motifs is 3. The van der Waals surface area contributed by atoms with Gasteiger partial charge in [-0.15, -0.1) is 17.8 Å². The quantitative estimate of drug-likeness (QED) is 0.287. The van der Waals surface area contributed by atoms with Gasteiger partial charge in [0.1, 0.15) is 17.5 Å². The van der Waals surface area contributed by atoms with Gasteiger partial charge in [0.2, 0.25) is 0 Å². The van der Waals surface area contributed by atoms with Crippen LogP contribution in [0.3, 0.4) is 0 Å². The van der Waals surface area contributed by atoms with E-state index in [0.717, 1.165) is 18.4 Å². The summed E-state index contributed by atoms with van der Waals surface area (Å²) in [6.45, 7) is 7.72. The van der Waals surface area contributed by atoms with E-state index in [1.54, 1.807) is 19.1 Å². The summed E-state index contributed by atoms with van der Waals surface area (Å²) in [5, 5.41) is 13.8. The zero-order chi connectivity index (χ0) is 24.8. The summed E-state index contributed by atoms with van der Waals surface area (Å²) in [7, 11) is 1.52. The zero-order valence-electron chi connectivity index (χ0n) is 20.1. The van der Waals surface area contributed by atoms with Crippen molar-refractivity contribution in [1.29, 1.82) is 0 Å². The molecule has 0 aromatic heterocycles. The topological polar surface area (TPSA) is 94.4 Å².